The molecule has 6 nitrogen and oxygen atoms in total. The first-order chi connectivity index (χ1) is 13.5. The predicted molar refractivity (Wildman–Crippen MR) is 110 cm³/mol. The Labute approximate surface area is 168 Å². The van der Waals surface area contributed by atoms with Crippen LogP contribution in [0, 0.1) is 0 Å². The number of carbonyl (C=O) groups excluding carboxylic acids is 1. The Bertz CT molecular complexity index is 1040. The molecule has 0 atom stereocenters. The molecule has 8 heteroatoms. The maximum absolute atomic E-state index is 12.3. The van der Waals surface area contributed by atoms with E-state index in [0.717, 1.165) is 36.7 Å². The van der Waals surface area contributed by atoms with Crippen LogP contribution in [0.3, 0.4) is 0 Å². The SMILES string of the molecule is O=C1N=C(N2CCCC2)SC1=Cc1ccc(OS(=O)(=O)c2ccccc2)cc1. The Morgan fingerprint density at radius 1 is 1.00 bits per heavy atom. The zero-order chi connectivity index (χ0) is 19.6. The van der Waals surface area contributed by atoms with E-state index in [-0.39, 0.29) is 16.6 Å². The van der Waals surface area contributed by atoms with Gasteiger partial charge in [0.2, 0.25) is 0 Å². The number of thioether (sulfide) groups is 1. The lowest BCUT2D eigenvalue weighted by atomic mass is 10.2. The lowest BCUT2D eigenvalue weighted by Gasteiger charge is -2.14. The van der Waals surface area contributed by atoms with Gasteiger partial charge < -0.3 is 9.08 Å². The van der Waals surface area contributed by atoms with E-state index in [4.69, 9.17) is 4.18 Å². The number of benzene rings is 2. The van der Waals surface area contributed by atoms with E-state index in [0.29, 0.717) is 4.91 Å². The highest BCUT2D eigenvalue weighted by atomic mass is 32.2. The molecule has 1 amide bonds. The Kier molecular flexibility index (Phi) is 5.23. The first kappa shape index (κ1) is 18.8. The van der Waals surface area contributed by atoms with Crippen LogP contribution in [0.1, 0.15) is 18.4 Å². The van der Waals surface area contributed by atoms with Crippen LogP contribution in [0.5, 0.6) is 5.75 Å². The molecule has 0 N–H and O–H groups in total. The Balaban J connectivity index is 1.45. The third-order valence-electron chi connectivity index (χ3n) is 4.40. The Morgan fingerprint density at radius 2 is 1.68 bits per heavy atom. The lowest BCUT2D eigenvalue weighted by molar-refractivity contribution is -0.113. The number of hydrogen-bond acceptors (Lipinski definition) is 6. The van der Waals surface area contributed by atoms with Crippen LogP contribution in [0.15, 0.2) is 69.4 Å². The largest absolute Gasteiger partial charge is 0.379 e. The summed E-state index contributed by atoms with van der Waals surface area (Å²) < 4.78 is 29.7. The maximum atomic E-state index is 12.3. The number of nitrogens with zero attached hydrogens (tertiary/aromatic N) is 2. The molecule has 144 valence electrons. The summed E-state index contributed by atoms with van der Waals surface area (Å²) in [5.41, 5.74) is 0.776. The molecule has 0 radical (unpaired) electrons. The van der Waals surface area contributed by atoms with E-state index in [9.17, 15) is 13.2 Å². The van der Waals surface area contributed by atoms with Crippen molar-refractivity contribution in [2.45, 2.75) is 17.7 Å². The molecule has 2 heterocycles. The second kappa shape index (κ2) is 7.81. The molecule has 0 spiro atoms. The van der Waals surface area contributed by atoms with Gasteiger partial charge in [0.05, 0.1) is 4.91 Å². The molecule has 1 fully saturated rings. The van der Waals surface area contributed by atoms with Crippen molar-refractivity contribution in [2.75, 3.05) is 13.1 Å². The molecule has 0 saturated carbocycles. The summed E-state index contributed by atoms with van der Waals surface area (Å²) in [7, 11) is -3.87. The molecule has 2 aromatic carbocycles. The van der Waals surface area contributed by atoms with E-state index in [1.165, 1.54) is 23.9 Å². The van der Waals surface area contributed by atoms with Gasteiger partial charge in [0.1, 0.15) is 10.6 Å². The number of likely N-dealkylation sites (tertiary alicyclic amines) is 1. The summed E-state index contributed by atoms with van der Waals surface area (Å²) in [6, 6.07) is 14.5. The first-order valence-corrected chi connectivity index (χ1v) is 11.1. The van der Waals surface area contributed by atoms with E-state index in [1.807, 2.05) is 0 Å². The molecule has 2 aromatic rings. The van der Waals surface area contributed by atoms with Gasteiger partial charge in [-0.2, -0.15) is 13.4 Å². The molecule has 2 aliphatic rings. The fourth-order valence-electron chi connectivity index (χ4n) is 2.97. The summed E-state index contributed by atoms with van der Waals surface area (Å²) in [5.74, 6) is -0.0238. The summed E-state index contributed by atoms with van der Waals surface area (Å²) in [6.07, 6.45) is 4.01. The third kappa shape index (κ3) is 4.13. The molecule has 0 aliphatic carbocycles. The Morgan fingerprint density at radius 3 is 2.36 bits per heavy atom. The lowest BCUT2D eigenvalue weighted by Crippen LogP contribution is -2.23. The van der Waals surface area contributed by atoms with Crippen molar-refractivity contribution in [3.63, 3.8) is 0 Å². The quantitative estimate of drug-likeness (QED) is 0.563. The van der Waals surface area contributed by atoms with Crippen molar-refractivity contribution in [1.82, 2.24) is 4.90 Å². The van der Waals surface area contributed by atoms with E-state index < -0.39 is 10.1 Å². The summed E-state index contributed by atoms with van der Waals surface area (Å²) in [4.78, 5) is 19.1. The van der Waals surface area contributed by atoms with Gasteiger partial charge in [0.15, 0.2) is 5.17 Å². The smallest absolute Gasteiger partial charge is 0.339 e. The van der Waals surface area contributed by atoms with Gasteiger partial charge in [-0.05, 0) is 60.5 Å². The van der Waals surface area contributed by atoms with Gasteiger partial charge >= 0.3 is 10.1 Å². The summed E-state index contributed by atoms with van der Waals surface area (Å²) >= 11 is 1.38. The van der Waals surface area contributed by atoms with Crippen molar-refractivity contribution in [3.05, 3.63) is 65.1 Å². The van der Waals surface area contributed by atoms with Crippen LogP contribution < -0.4 is 4.18 Å². The van der Waals surface area contributed by atoms with Crippen molar-refractivity contribution in [2.24, 2.45) is 4.99 Å². The molecule has 1 saturated heterocycles. The van der Waals surface area contributed by atoms with Gasteiger partial charge in [-0.25, -0.2) is 0 Å². The Hall–Kier alpha value is -2.58. The van der Waals surface area contributed by atoms with Crippen LogP contribution in [-0.4, -0.2) is 37.5 Å². The average Bonchev–Trinajstić information content (AvgIpc) is 3.34. The second-order valence-electron chi connectivity index (χ2n) is 6.42. The van der Waals surface area contributed by atoms with Crippen LogP contribution >= 0.6 is 11.8 Å². The number of carbonyl (C=O) groups is 1. The molecule has 28 heavy (non-hydrogen) atoms. The minimum Gasteiger partial charge on any atom is -0.379 e. The van der Waals surface area contributed by atoms with Crippen LogP contribution in [-0.2, 0) is 14.9 Å². The summed E-state index contributed by atoms with van der Waals surface area (Å²) in [6.45, 7) is 1.88. The highest BCUT2D eigenvalue weighted by Crippen LogP contribution is 2.32. The fraction of sp³-hybridized carbons (Fsp3) is 0.200. The van der Waals surface area contributed by atoms with Crippen LogP contribution in [0.4, 0.5) is 0 Å². The van der Waals surface area contributed by atoms with Crippen LogP contribution in [0.25, 0.3) is 6.08 Å². The second-order valence-corrected chi connectivity index (χ2v) is 8.98. The highest BCUT2D eigenvalue weighted by Gasteiger charge is 2.27. The van der Waals surface area contributed by atoms with E-state index in [2.05, 4.69) is 9.89 Å². The molecule has 4 rings (SSSR count). The molecule has 2 aliphatic heterocycles. The van der Waals surface area contributed by atoms with Gasteiger partial charge in [-0.1, -0.05) is 30.3 Å². The monoisotopic (exact) mass is 414 g/mol. The van der Waals surface area contributed by atoms with Crippen molar-refractivity contribution < 1.29 is 17.4 Å². The van der Waals surface area contributed by atoms with E-state index >= 15 is 0 Å². The number of aliphatic imine (C=N–C) groups is 1. The number of amidine groups is 1. The van der Waals surface area contributed by atoms with Gasteiger partial charge in [-0.15, -0.1) is 0 Å². The zero-order valence-corrected chi connectivity index (χ0v) is 16.6. The van der Waals surface area contributed by atoms with Crippen molar-refractivity contribution in [1.29, 1.82) is 0 Å². The molecule has 0 bridgehead atoms. The number of hydrogen-bond donors (Lipinski definition) is 0. The molecular formula is C20H18N2O4S2. The minimum atomic E-state index is -3.87. The average molecular weight is 415 g/mol. The van der Waals surface area contributed by atoms with Gasteiger partial charge in [0, 0.05) is 13.1 Å². The van der Waals surface area contributed by atoms with Crippen molar-refractivity contribution >= 4 is 39.0 Å². The third-order valence-corrected chi connectivity index (χ3v) is 6.71. The van der Waals surface area contributed by atoms with Gasteiger partial charge in [-0.3, -0.25) is 4.79 Å². The number of amides is 1. The maximum Gasteiger partial charge on any atom is 0.339 e. The topological polar surface area (TPSA) is 76.0 Å². The minimum absolute atomic E-state index is 0.0979. The number of rotatable bonds is 4. The normalized spacial score (nSPS) is 18.6. The first-order valence-electron chi connectivity index (χ1n) is 8.88. The summed E-state index contributed by atoms with van der Waals surface area (Å²) in [5, 5.41) is 0.766. The predicted octanol–water partition coefficient (Wildman–Crippen LogP) is 3.52. The van der Waals surface area contributed by atoms with Crippen molar-refractivity contribution in [3.8, 4) is 5.75 Å². The molecular weight excluding hydrogens is 396 g/mol. The highest BCUT2D eigenvalue weighted by molar-refractivity contribution is 8.18. The standard InChI is InChI=1S/C20H18N2O4S2/c23-19-18(27-20(21-19)22-12-4-5-13-22)14-15-8-10-16(11-9-15)26-28(24,25)17-6-2-1-3-7-17/h1-3,6-11,14H,4-5,12-13H2. The van der Waals surface area contributed by atoms with Crippen LogP contribution in [0.2, 0.25) is 0 Å². The molecule has 0 aromatic heterocycles. The molecule has 0 unspecified atom stereocenters. The van der Waals surface area contributed by atoms with Gasteiger partial charge in [0.25, 0.3) is 5.91 Å². The zero-order valence-electron chi connectivity index (χ0n) is 14.9. The fourth-order valence-corrected chi connectivity index (χ4v) is 4.89. The van der Waals surface area contributed by atoms with E-state index in [1.54, 1.807) is 48.5 Å².